The van der Waals surface area contributed by atoms with Gasteiger partial charge >= 0.3 is 0 Å². The minimum absolute atomic E-state index is 0.309. The second-order valence-corrected chi connectivity index (χ2v) is 6.24. The number of aryl methyl sites for hydroxylation is 1. The van der Waals surface area contributed by atoms with Gasteiger partial charge in [-0.05, 0) is 37.1 Å². The largest absolute Gasteiger partial charge is 0.362 e. The Morgan fingerprint density at radius 1 is 1.19 bits per heavy atom. The summed E-state index contributed by atoms with van der Waals surface area (Å²) in [6.45, 7) is 1.91. The van der Waals surface area contributed by atoms with Crippen molar-refractivity contribution in [1.82, 2.24) is 19.8 Å². The van der Waals surface area contributed by atoms with E-state index in [1.54, 1.807) is 4.52 Å². The molecule has 5 nitrogen and oxygen atoms in total. The van der Waals surface area contributed by atoms with Crippen LogP contribution in [0.1, 0.15) is 23.9 Å². The lowest BCUT2D eigenvalue weighted by Crippen LogP contribution is -2.17. The highest BCUT2D eigenvalue weighted by Gasteiger charge is 2.20. The van der Waals surface area contributed by atoms with Crippen molar-refractivity contribution in [2.75, 3.05) is 11.1 Å². The van der Waals surface area contributed by atoms with Crippen molar-refractivity contribution < 1.29 is 0 Å². The first-order chi connectivity index (χ1) is 10.3. The number of hydrogen-bond acceptors (Lipinski definition) is 5. The molecule has 4 rings (SSSR count). The molecule has 0 bridgehead atoms. The fourth-order valence-electron chi connectivity index (χ4n) is 2.64. The molecule has 0 saturated carbocycles. The number of anilines is 1. The molecule has 0 saturated heterocycles. The summed E-state index contributed by atoms with van der Waals surface area (Å²) in [5, 5.41) is 16.2. The number of aromatic nitrogens is 4. The number of fused-ring (bicyclic) bond motifs is 2. The van der Waals surface area contributed by atoms with Crippen LogP contribution in [-0.2, 0) is 0 Å². The van der Waals surface area contributed by atoms with Gasteiger partial charge in [0.1, 0.15) is 5.82 Å². The molecule has 0 spiro atoms. The number of rotatable bonds is 2. The van der Waals surface area contributed by atoms with Crippen LogP contribution in [0.15, 0.2) is 41.3 Å². The van der Waals surface area contributed by atoms with E-state index >= 15 is 0 Å². The zero-order valence-electron chi connectivity index (χ0n) is 11.7. The molecule has 0 amide bonds. The van der Waals surface area contributed by atoms with Crippen molar-refractivity contribution in [3.05, 3.63) is 47.8 Å². The second kappa shape index (κ2) is 5.04. The summed E-state index contributed by atoms with van der Waals surface area (Å²) in [4.78, 5) is 1.36. The lowest BCUT2D eigenvalue weighted by Gasteiger charge is -2.26. The van der Waals surface area contributed by atoms with Crippen molar-refractivity contribution in [1.29, 1.82) is 0 Å². The van der Waals surface area contributed by atoms with Crippen LogP contribution in [0.3, 0.4) is 0 Å². The molecule has 1 aliphatic rings. The van der Waals surface area contributed by atoms with Crippen LogP contribution in [0.2, 0.25) is 0 Å². The first-order valence-corrected chi connectivity index (χ1v) is 7.97. The monoisotopic (exact) mass is 297 g/mol. The zero-order valence-corrected chi connectivity index (χ0v) is 12.5. The van der Waals surface area contributed by atoms with Gasteiger partial charge in [0.05, 0.1) is 6.04 Å². The highest BCUT2D eigenvalue weighted by atomic mass is 32.2. The predicted molar refractivity (Wildman–Crippen MR) is 83.7 cm³/mol. The molecule has 1 aromatic carbocycles. The van der Waals surface area contributed by atoms with Gasteiger partial charge in [-0.3, -0.25) is 0 Å². The molecule has 0 unspecified atom stereocenters. The molecule has 2 aromatic heterocycles. The average molecular weight is 297 g/mol. The SMILES string of the molecule is Cc1nnc2ccc(N[C@@H]3CCSc4ccccc43)nn12. The van der Waals surface area contributed by atoms with E-state index in [4.69, 9.17) is 0 Å². The maximum absolute atomic E-state index is 4.58. The molecule has 106 valence electrons. The summed E-state index contributed by atoms with van der Waals surface area (Å²) in [5.74, 6) is 2.79. The summed E-state index contributed by atoms with van der Waals surface area (Å²) in [6, 6.07) is 12.8. The lowest BCUT2D eigenvalue weighted by molar-refractivity contribution is 0.717. The third-order valence-corrected chi connectivity index (χ3v) is 4.82. The van der Waals surface area contributed by atoms with Crippen molar-refractivity contribution in [2.24, 2.45) is 0 Å². The van der Waals surface area contributed by atoms with Crippen LogP contribution >= 0.6 is 11.8 Å². The first kappa shape index (κ1) is 12.6. The second-order valence-electron chi connectivity index (χ2n) is 5.11. The molecule has 3 heterocycles. The van der Waals surface area contributed by atoms with Gasteiger partial charge in [-0.1, -0.05) is 18.2 Å². The predicted octanol–water partition coefficient (Wildman–Crippen LogP) is 3.08. The van der Waals surface area contributed by atoms with Crippen molar-refractivity contribution in [3.63, 3.8) is 0 Å². The van der Waals surface area contributed by atoms with Crippen LogP contribution in [0.5, 0.6) is 0 Å². The van der Waals surface area contributed by atoms with Crippen LogP contribution in [0.25, 0.3) is 5.65 Å². The quantitative estimate of drug-likeness (QED) is 0.788. The Morgan fingerprint density at radius 2 is 2.10 bits per heavy atom. The summed E-state index contributed by atoms with van der Waals surface area (Å²) >= 11 is 1.92. The normalized spacial score (nSPS) is 17.7. The molecule has 1 N–H and O–H groups in total. The maximum Gasteiger partial charge on any atom is 0.178 e. The first-order valence-electron chi connectivity index (χ1n) is 6.98. The number of thioether (sulfide) groups is 1. The summed E-state index contributed by atoms with van der Waals surface area (Å²) in [7, 11) is 0. The smallest absolute Gasteiger partial charge is 0.178 e. The minimum Gasteiger partial charge on any atom is -0.362 e. The average Bonchev–Trinajstić information content (AvgIpc) is 2.89. The van der Waals surface area contributed by atoms with E-state index in [0.717, 1.165) is 29.5 Å². The van der Waals surface area contributed by atoms with E-state index in [1.165, 1.54) is 10.5 Å². The van der Waals surface area contributed by atoms with E-state index in [0.29, 0.717) is 6.04 Å². The van der Waals surface area contributed by atoms with Gasteiger partial charge in [-0.2, -0.15) is 4.52 Å². The Morgan fingerprint density at radius 3 is 3.05 bits per heavy atom. The Labute approximate surface area is 126 Å². The molecule has 0 radical (unpaired) electrons. The van der Waals surface area contributed by atoms with E-state index in [1.807, 2.05) is 30.8 Å². The Bertz CT molecular complexity index is 798. The van der Waals surface area contributed by atoms with Crippen LogP contribution in [0, 0.1) is 6.92 Å². The fourth-order valence-corrected chi connectivity index (χ4v) is 3.77. The molecule has 1 atom stereocenters. The van der Waals surface area contributed by atoms with E-state index in [9.17, 15) is 0 Å². The number of nitrogens with one attached hydrogen (secondary N) is 1. The van der Waals surface area contributed by atoms with Gasteiger partial charge in [0, 0.05) is 10.6 Å². The lowest BCUT2D eigenvalue weighted by atomic mass is 10.0. The molecular formula is C15H15N5S. The van der Waals surface area contributed by atoms with Gasteiger partial charge in [-0.25, -0.2) is 0 Å². The number of hydrogen-bond donors (Lipinski definition) is 1. The van der Waals surface area contributed by atoms with Gasteiger partial charge in [-0.15, -0.1) is 27.1 Å². The Balaban J connectivity index is 1.67. The molecule has 3 aromatic rings. The summed E-state index contributed by atoms with van der Waals surface area (Å²) < 4.78 is 1.77. The molecule has 0 fully saturated rings. The van der Waals surface area contributed by atoms with E-state index in [2.05, 4.69) is 44.9 Å². The Hall–Kier alpha value is -2.08. The van der Waals surface area contributed by atoms with E-state index < -0.39 is 0 Å². The summed E-state index contributed by atoms with van der Waals surface area (Å²) in [6.07, 6.45) is 1.10. The summed E-state index contributed by atoms with van der Waals surface area (Å²) in [5.41, 5.74) is 2.13. The fraction of sp³-hybridized carbons (Fsp3) is 0.267. The van der Waals surface area contributed by atoms with Gasteiger partial charge in [0.2, 0.25) is 0 Å². The van der Waals surface area contributed by atoms with Crippen molar-refractivity contribution >= 4 is 23.2 Å². The zero-order chi connectivity index (χ0) is 14.2. The van der Waals surface area contributed by atoms with Crippen LogP contribution in [-0.4, -0.2) is 25.6 Å². The van der Waals surface area contributed by atoms with Gasteiger partial charge in [0.25, 0.3) is 0 Å². The maximum atomic E-state index is 4.58. The molecule has 0 aliphatic carbocycles. The van der Waals surface area contributed by atoms with Crippen LogP contribution in [0.4, 0.5) is 5.82 Å². The van der Waals surface area contributed by atoms with Crippen molar-refractivity contribution in [2.45, 2.75) is 24.3 Å². The third kappa shape index (κ3) is 2.25. The topological polar surface area (TPSA) is 55.1 Å². The van der Waals surface area contributed by atoms with Crippen molar-refractivity contribution in [3.8, 4) is 0 Å². The highest BCUT2D eigenvalue weighted by Crippen LogP contribution is 2.37. The van der Waals surface area contributed by atoms with Gasteiger partial charge < -0.3 is 5.32 Å². The number of nitrogens with zero attached hydrogens (tertiary/aromatic N) is 4. The van der Waals surface area contributed by atoms with Gasteiger partial charge in [0.15, 0.2) is 11.5 Å². The molecular weight excluding hydrogens is 282 g/mol. The molecule has 1 aliphatic heterocycles. The molecule has 21 heavy (non-hydrogen) atoms. The highest BCUT2D eigenvalue weighted by molar-refractivity contribution is 7.99. The minimum atomic E-state index is 0.309. The Kier molecular flexibility index (Phi) is 3.03. The number of benzene rings is 1. The third-order valence-electron chi connectivity index (χ3n) is 3.70. The molecule has 6 heteroatoms. The standard InChI is InChI=1S/C15H15N5S/c1-10-17-18-15-7-6-14(19-20(10)15)16-12-8-9-21-13-5-3-2-4-11(12)13/h2-7,12H,8-9H2,1H3,(H,16,19)/t12-/m1/s1. The van der Waals surface area contributed by atoms with E-state index in [-0.39, 0.29) is 0 Å². The van der Waals surface area contributed by atoms with Crippen LogP contribution < -0.4 is 5.32 Å².